The third kappa shape index (κ3) is 3.55. The molecule has 74 valence electrons. The first-order valence-electron chi connectivity index (χ1n) is 5.17. The maximum Gasteiger partial charge on any atom is 0.0209 e. The Balaban J connectivity index is 0.000000561. The molecule has 0 aromatic rings. The quantitative estimate of drug-likeness (QED) is 0.682. The van der Waals surface area contributed by atoms with Gasteiger partial charge in [0.05, 0.1) is 0 Å². The standard InChI is InChI=1S/C8H18N2.C2H6/c1-4-9-8-5-7(2)10(3)6-8;1-2/h7-9H,4-6H2,1-3H3;1-2H3. The van der Waals surface area contributed by atoms with Gasteiger partial charge in [-0.1, -0.05) is 20.8 Å². The van der Waals surface area contributed by atoms with Crippen LogP contribution < -0.4 is 5.32 Å². The molecular weight excluding hydrogens is 148 g/mol. The van der Waals surface area contributed by atoms with Crippen LogP contribution in [0.1, 0.15) is 34.1 Å². The largest absolute Gasteiger partial charge is 0.313 e. The number of hydrogen-bond acceptors (Lipinski definition) is 2. The van der Waals surface area contributed by atoms with Gasteiger partial charge in [0.1, 0.15) is 0 Å². The van der Waals surface area contributed by atoms with Crippen molar-refractivity contribution in [3.63, 3.8) is 0 Å². The van der Waals surface area contributed by atoms with Crippen molar-refractivity contribution < 1.29 is 0 Å². The lowest BCUT2D eigenvalue weighted by Crippen LogP contribution is -2.31. The van der Waals surface area contributed by atoms with Crippen LogP contribution >= 0.6 is 0 Å². The maximum absolute atomic E-state index is 3.46. The number of nitrogens with one attached hydrogen (secondary N) is 1. The Morgan fingerprint density at radius 2 is 2.00 bits per heavy atom. The second kappa shape index (κ2) is 6.44. The van der Waals surface area contributed by atoms with E-state index < -0.39 is 0 Å². The van der Waals surface area contributed by atoms with Gasteiger partial charge in [0.25, 0.3) is 0 Å². The highest BCUT2D eigenvalue weighted by atomic mass is 15.2. The van der Waals surface area contributed by atoms with Gasteiger partial charge in [-0.3, -0.25) is 0 Å². The van der Waals surface area contributed by atoms with Crippen LogP contribution in [0.15, 0.2) is 0 Å². The van der Waals surface area contributed by atoms with Crippen LogP contribution in [-0.2, 0) is 0 Å². The average Bonchev–Trinajstić information content (AvgIpc) is 2.36. The van der Waals surface area contributed by atoms with E-state index in [0.29, 0.717) is 0 Å². The van der Waals surface area contributed by atoms with Crippen LogP contribution in [0.5, 0.6) is 0 Å². The molecule has 0 aromatic carbocycles. The lowest BCUT2D eigenvalue weighted by Gasteiger charge is -2.12. The zero-order valence-corrected chi connectivity index (χ0v) is 9.22. The molecule has 1 aliphatic rings. The summed E-state index contributed by atoms with van der Waals surface area (Å²) in [5, 5.41) is 3.46. The SMILES string of the molecule is CC.CCNC1CC(C)N(C)C1. The molecular formula is C10H24N2. The van der Waals surface area contributed by atoms with Crippen LogP contribution in [0.3, 0.4) is 0 Å². The molecule has 0 bridgehead atoms. The summed E-state index contributed by atoms with van der Waals surface area (Å²) in [6.45, 7) is 10.8. The Labute approximate surface area is 77.3 Å². The van der Waals surface area contributed by atoms with E-state index in [9.17, 15) is 0 Å². The fourth-order valence-corrected chi connectivity index (χ4v) is 1.63. The molecule has 2 atom stereocenters. The molecule has 1 N–H and O–H groups in total. The highest BCUT2D eigenvalue weighted by molar-refractivity contribution is 4.84. The van der Waals surface area contributed by atoms with Gasteiger partial charge in [0.15, 0.2) is 0 Å². The molecule has 1 aliphatic heterocycles. The van der Waals surface area contributed by atoms with Crippen LogP contribution in [-0.4, -0.2) is 37.1 Å². The summed E-state index contributed by atoms with van der Waals surface area (Å²) in [6.07, 6.45) is 1.31. The summed E-state index contributed by atoms with van der Waals surface area (Å²) in [6, 6.07) is 1.51. The molecule has 2 heteroatoms. The first-order valence-corrected chi connectivity index (χ1v) is 5.17. The molecule has 0 radical (unpaired) electrons. The number of rotatable bonds is 2. The van der Waals surface area contributed by atoms with E-state index in [-0.39, 0.29) is 0 Å². The summed E-state index contributed by atoms with van der Waals surface area (Å²) in [7, 11) is 2.20. The zero-order valence-electron chi connectivity index (χ0n) is 9.22. The summed E-state index contributed by atoms with van der Waals surface area (Å²) >= 11 is 0. The Morgan fingerprint density at radius 3 is 2.33 bits per heavy atom. The van der Waals surface area contributed by atoms with Crippen molar-refractivity contribution in [1.29, 1.82) is 0 Å². The van der Waals surface area contributed by atoms with Gasteiger partial charge in [-0.15, -0.1) is 0 Å². The fourth-order valence-electron chi connectivity index (χ4n) is 1.63. The smallest absolute Gasteiger partial charge is 0.0209 e. The normalized spacial score (nSPS) is 29.8. The first kappa shape index (κ1) is 11.9. The van der Waals surface area contributed by atoms with Gasteiger partial charge in [-0.25, -0.2) is 0 Å². The van der Waals surface area contributed by atoms with Crippen molar-refractivity contribution in [2.24, 2.45) is 0 Å². The molecule has 2 nitrogen and oxygen atoms in total. The minimum absolute atomic E-state index is 0.741. The van der Waals surface area contributed by atoms with Crippen molar-refractivity contribution in [3.8, 4) is 0 Å². The number of hydrogen-bond donors (Lipinski definition) is 1. The molecule has 0 aromatic heterocycles. The molecule has 0 saturated carbocycles. The second-order valence-corrected chi connectivity index (χ2v) is 3.28. The van der Waals surface area contributed by atoms with Gasteiger partial charge >= 0.3 is 0 Å². The van der Waals surface area contributed by atoms with E-state index in [0.717, 1.165) is 18.6 Å². The minimum Gasteiger partial charge on any atom is -0.313 e. The third-order valence-corrected chi connectivity index (χ3v) is 2.38. The van der Waals surface area contributed by atoms with Gasteiger partial charge in [-0.2, -0.15) is 0 Å². The van der Waals surface area contributed by atoms with E-state index in [1.54, 1.807) is 0 Å². The average molecular weight is 172 g/mol. The van der Waals surface area contributed by atoms with Gasteiger partial charge in [0.2, 0.25) is 0 Å². The van der Waals surface area contributed by atoms with Crippen molar-refractivity contribution in [2.75, 3.05) is 20.1 Å². The van der Waals surface area contributed by atoms with Crippen LogP contribution in [0.25, 0.3) is 0 Å². The van der Waals surface area contributed by atoms with E-state index in [1.165, 1.54) is 13.0 Å². The highest BCUT2D eigenvalue weighted by Gasteiger charge is 2.24. The predicted octanol–water partition coefficient (Wildman–Crippen LogP) is 1.71. The maximum atomic E-state index is 3.46. The van der Waals surface area contributed by atoms with E-state index in [2.05, 4.69) is 31.1 Å². The highest BCUT2D eigenvalue weighted by Crippen LogP contribution is 2.14. The number of likely N-dealkylation sites (N-methyl/N-ethyl adjacent to an activating group) is 2. The molecule has 0 amide bonds. The van der Waals surface area contributed by atoms with Crippen molar-refractivity contribution in [2.45, 2.75) is 46.2 Å². The first-order chi connectivity index (χ1) is 5.74. The fraction of sp³-hybridized carbons (Fsp3) is 1.00. The van der Waals surface area contributed by atoms with E-state index in [4.69, 9.17) is 0 Å². The summed E-state index contributed by atoms with van der Waals surface area (Å²) in [4.78, 5) is 2.41. The molecule has 12 heavy (non-hydrogen) atoms. The molecule has 1 saturated heterocycles. The lowest BCUT2D eigenvalue weighted by molar-refractivity contribution is 0.327. The van der Waals surface area contributed by atoms with Gasteiger partial charge in [0, 0.05) is 18.6 Å². The molecule has 0 spiro atoms. The van der Waals surface area contributed by atoms with E-state index in [1.807, 2.05) is 13.8 Å². The van der Waals surface area contributed by atoms with Gasteiger partial charge in [-0.05, 0) is 26.9 Å². The van der Waals surface area contributed by atoms with Crippen LogP contribution in [0.4, 0.5) is 0 Å². The lowest BCUT2D eigenvalue weighted by atomic mass is 10.2. The van der Waals surface area contributed by atoms with Gasteiger partial charge < -0.3 is 10.2 Å². The molecule has 1 fully saturated rings. The molecule has 2 unspecified atom stereocenters. The Bertz CT molecular complexity index is 94.0. The van der Waals surface area contributed by atoms with Crippen LogP contribution in [0, 0.1) is 0 Å². The zero-order chi connectivity index (χ0) is 9.56. The van der Waals surface area contributed by atoms with Crippen molar-refractivity contribution in [1.82, 2.24) is 10.2 Å². The van der Waals surface area contributed by atoms with E-state index >= 15 is 0 Å². The van der Waals surface area contributed by atoms with Crippen molar-refractivity contribution in [3.05, 3.63) is 0 Å². The Kier molecular flexibility index (Phi) is 6.39. The molecule has 0 aliphatic carbocycles. The number of likely N-dealkylation sites (tertiary alicyclic amines) is 1. The van der Waals surface area contributed by atoms with Crippen molar-refractivity contribution >= 4 is 0 Å². The Morgan fingerprint density at radius 1 is 1.42 bits per heavy atom. The second-order valence-electron chi connectivity index (χ2n) is 3.28. The number of nitrogens with zero attached hydrogens (tertiary/aromatic N) is 1. The Hall–Kier alpha value is -0.0800. The minimum atomic E-state index is 0.741. The summed E-state index contributed by atoms with van der Waals surface area (Å²) < 4.78 is 0. The molecule has 1 heterocycles. The predicted molar refractivity (Wildman–Crippen MR) is 55.5 cm³/mol. The topological polar surface area (TPSA) is 15.3 Å². The molecule has 1 rings (SSSR count). The summed E-state index contributed by atoms with van der Waals surface area (Å²) in [5.41, 5.74) is 0. The summed E-state index contributed by atoms with van der Waals surface area (Å²) in [5.74, 6) is 0. The monoisotopic (exact) mass is 172 g/mol. The third-order valence-electron chi connectivity index (χ3n) is 2.38. The van der Waals surface area contributed by atoms with Crippen LogP contribution in [0.2, 0.25) is 0 Å².